The van der Waals surface area contributed by atoms with Crippen molar-refractivity contribution in [2.75, 3.05) is 37.6 Å². The van der Waals surface area contributed by atoms with Crippen molar-refractivity contribution >= 4 is 31.7 Å². The molecule has 0 unspecified atom stereocenters. The van der Waals surface area contributed by atoms with Gasteiger partial charge in [-0.25, -0.2) is 21.6 Å². The van der Waals surface area contributed by atoms with E-state index in [0.29, 0.717) is 31.8 Å². The van der Waals surface area contributed by atoms with E-state index < -0.39 is 26.0 Å². The van der Waals surface area contributed by atoms with Crippen molar-refractivity contribution in [2.24, 2.45) is 0 Å². The fourth-order valence-corrected chi connectivity index (χ4v) is 5.36. The van der Waals surface area contributed by atoms with Gasteiger partial charge in [0.25, 0.3) is 10.0 Å². The summed E-state index contributed by atoms with van der Waals surface area (Å²) in [6.07, 6.45) is 0.705. The third-order valence-electron chi connectivity index (χ3n) is 4.55. The van der Waals surface area contributed by atoms with Gasteiger partial charge in [-0.3, -0.25) is 4.72 Å². The lowest BCUT2D eigenvalue weighted by Crippen LogP contribution is -2.40. The van der Waals surface area contributed by atoms with E-state index in [1.165, 1.54) is 52.8 Å². The van der Waals surface area contributed by atoms with Gasteiger partial charge in [-0.15, -0.1) is 0 Å². The van der Waals surface area contributed by atoms with Crippen LogP contribution in [0.5, 0.6) is 0 Å². The Hall–Kier alpha value is -2.47. The second-order valence-electron chi connectivity index (χ2n) is 6.81. The molecule has 2 aromatic rings. The van der Waals surface area contributed by atoms with Crippen LogP contribution >= 0.6 is 0 Å². The van der Waals surface area contributed by atoms with Crippen LogP contribution in [0.2, 0.25) is 0 Å². The highest BCUT2D eigenvalue weighted by Gasteiger charge is 2.26. The van der Waals surface area contributed by atoms with Gasteiger partial charge in [0.1, 0.15) is 0 Å². The number of morpholine rings is 1. The summed E-state index contributed by atoms with van der Waals surface area (Å²) in [7, 11) is -7.65. The van der Waals surface area contributed by atoms with Crippen molar-refractivity contribution < 1.29 is 31.1 Å². The molecule has 1 heterocycles. The molecule has 9 nitrogen and oxygen atoms in total. The van der Waals surface area contributed by atoms with Crippen LogP contribution in [0.25, 0.3) is 0 Å². The zero-order valence-electron chi connectivity index (χ0n) is 17.0. The van der Waals surface area contributed by atoms with E-state index >= 15 is 0 Å². The first-order chi connectivity index (χ1) is 14.7. The number of benzene rings is 2. The maximum Gasteiger partial charge on any atom is 0.338 e. The number of ether oxygens (including phenoxy) is 2. The molecule has 0 spiro atoms. The molecular weight excluding hydrogens is 444 g/mol. The van der Waals surface area contributed by atoms with Gasteiger partial charge in [0.05, 0.1) is 35.2 Å². The predicted molar refractivity (Wildman–Crippen MR) is 114 cm³/mol. The average molecular weight is 469 g/mol. The first kappa shape index (κ1) is 23.2. The molecule has 168 valence electrons. The Morgan fingerprint density at radius 1 is 0.968 bits per heavy atom. The van der Waals surface area contributed by atoms with Crippen LogP contribution in [0, 0.1) is 0 Å². The smallest absolute Gasteiger partial charge is 0.338 e. The van der Waals surface area contributed by atoms with E-state index in [-0.39, 0.29) is 28.6 Å². The monoisotopic (exact) mass is 468 g/mol. The first-order valence-corrected chi connectivity index (χ1v) is 12.6. The zero-order chi connectivity index (χ0) is 22.5. The molecule has 0 aromatic heterocycles. The van der Waals surface area contributed by atoms with Crippen molar-refractivity contribution in [3.63, 3.8) is 0 Å². The number of carbonyl (C=O) groups is 1. The van der Waals surface area contributed by atoms with E-state index in [1.54, 1.807) is 0 Å². The number of rotatable bonds is 8. The van der Waals surface area contributed by atoms with Crippen molar-refractivity contribution in [1.82, 2.24) is 4.31 Å². The van der Waals surface area contributed by atoms with Crippen LogP contribution in [-0.2, 0) is 29.5 Å². The number of hydrogen-bond acceptors (Lipinski definition) is 7. The zero-order valence-corrected chi connectivity index (χ0v) is 18.6. The first-order valence-electron chi connectivity index (χ1n) is 9.72. The maximum atomic E-state index is 12.7. The van der Waals surface area contributed by atoms with Crippen LogP contribution in [0.15, 0.2) is 58.3 Å². The lowest BCUT2D eigenvalue weighted by molar-refractivity contribution is 0.0505. The molecule has 1 N–H and O–H groups in total. The van der Waals surface area contributed by atoms with Gasteiger partial charge in [0.15, 0.2) is 0 Å². The van der Waals surface area contributed by atoms with Crippen molar-refractivity contribution in [2.45, 2.75) is 23.1 Å². The summed E-state index contributed by atoms with van der Waals surface area (Å²) in [5.74, 6) is -0.478. The molecule has 31 heavy (non-hydrogen) atoms. The van der Waals surface area contributed by atoms with E-state index in [4.69, 9.17) is 9.47 Å². The highest BCUT2D eigenvalue weighted by atomic mass is 32.2. The number of nitrogens with one attached hydrogen (secondary N) is 1. The Balaban J connectivity index is 1.71. The van der Waals surface area contributed by atoms with E-state index in [9.17, 15) is 21.6 Å². The molecule has 1 aliphatic heterocycles. The molecule has 2 aromatic carbocycles. The number of nitrogens with zero attached hydrogens (tertiary/aromatic N) is 1. The number of esters is 1. The summed E-state index contributed by atoms with van der Waals surface area (Å²) in [5, 5.41) is 0. The van der Waals surface area contributed by atoms with Crippen molar-refractivity contribution in [3.8, 4) is 0 Å². The average Bonchev–Trinajstić information content (AvgIpc) is 2.78. The minimum absolute atomic E-state index is 0.0169. The Bertz CT molecular complexity index is 1110. The molecule has 0 bridgehead atoms. The predicted octanol–water partition coefficient (Wildman–Crippen LogP) is 2.08. The molecule has 1 fully saturated rings. The van der Waals surface area contributed by atoms with Crippen molar-refractivity contribution in [1.29, 1.82) is 0 Å². The summed E-state index contributed by atoms with van der Waals surface area (Å²) in [5.41, 5.74) is 0.575. The van der Waals surface area contributed by atoms with E-state index in [2.05, 4.69) is 4.72 Å². The molecule has 11 heteroatoms. The fraction of sp³-hybridized carbons (Fsp3) is 0.350. The van der Waals surface area contributed by atoms with Crippen LogP contribution in [0.4, 0.5) is 5.69 Å². The maximum absolute atomic E-state index is 12.7. The molecule has 0 amide bonds. The SMILES string of the molecule is CCCOC(=O)c1ccc(NS(=O)(=O)c2ccc(S(=O)(=O)N3CCOCC3)cc2)cc1. The van der Waals surface area contributed by atoms with E-state index in [1.807, 2.05) is 6.92 Å². The Kier molecular flexibility index (Phi) is 7.31. The molecule has 3 rings (SSSR count). The Morgan fingerprint density at radius 2 is 1.55 bits per heavy atom. The summed E-state index contributed by atoms with van der Waals surface area (Å²) >= 11 is 0. The summed E-state index contributed by atoms with van der Waals surface area (Å²) < 4.78 is 64.5. The molecular formula is C20H24N2O7S2. The van der Waals surface area contributed by atoms with Gasteiger partial charge in [-0.2, -0.15) is 4.31 Å². The highest BCUT2D eigenvalue weighted by molar-refractivity contribution is 7.92. The van der Waals surface area contributed by atoms with Gasteiger partial charge in [-0.1, -0.05) is 6.92 Å². The third kappa shape index (κ3) is 5.62. The van der Waals surface area contributed by atoms with Crippen LogP contribution in [-0.4, -0.2) is 60.0 Å². The third-order valence-corrected chi connectivity index (χ3v) is 7.86. The molecule has 0 aliphatic carbocycles. The lowest BCUT2D eigenvalue weighted by Gasteiger charge is -2.26. The van der Waals surface area contributed by atoms with Crippen LogP contribution < -0.4 is 4.72 Å². The molecule has 1 aliphatic rings. The van der Waals surface area contributed by atoms with Gasteiger partial charge in [0, 0.05) is 18.8 Å². The summed E-state index contributed by atoms with van der Waals surface area (Å²) in [4.78, 5) is 11.8. The number of carbonyl (C=O) groups excluding carboxylic acids is 1. The highest BCUT2D eigenvalue weighted by Crippen LogP contribution is 2.21. The van der Waals surface area contributed by atoms with E-state index in [0.717, 1.165) is 0 Å². The minimum atomic E-state index is -3.94. The number of hydrogen-bond donors (Lipinski definition) is 1. The fourth-order valence-electron chi connectivity index (χ4n) is 2.89. The number of anilines is 1. The van der Waals surface area contributed by atoms with Crippen LogP contribution in [0.1, 0.15) is 23.7 Å². The molecule has 0 atom stereocenters. The standard InChI is InChI=1S/C20H24N2O7S2/c1-2-13-29-20(23)16-3-5-17(6-4-16)21-30(24,25)18-7-9-19(10-8-18)31(26,27)22-11-14-28-15-12-22/h3-10,21H,2,11-15H2,1H3. The quantitative estimate of drug-likeness (QED) is 0.589. The second kappa shape index (κ2) is 9.77. The second-order valence-corrected chi connectivity index (χ2v) is 10.4. The van der Waals surface area contributed by atoms with Gasteiger partial charge in [0.2, 0.25) is 10.0 Å². The lowest BCUT2D eigenvalue weighted by atomic mass is 10.2. The molecule has 0 radical (unpaired) electrons. The number of sulfonamides is 2. The summed E-state index contributed by atoms with van der Waals surface area (Å²) in [6, 6.07) is 10.9. The topological polar surface area (TPSA) is 119 Å². The minimum Gasteiger partial charge on any atom is -0.462 e. The van der Waals surface area contributed by atoms with Crippen LogP contribution in [0.3, 0.4) is 0 Å². The molecule has 1 saturated heterocycles. The largest absolute Gasteiger partial charge is 0.462 e. The van der Waals surface area contributed by atoms with Gasteiger partial charge >= 0.3 is 5.97 Å². The summed E-state index contributed by atoms with van der Waals surface area (Å²) in [6.45, 7) is 3.35. The molecule has 0 saturated carbocycles. The van der Waals surface area contributed by atoms with Gasteiger partial charge in [-0.05, 0) is 55.0 Å². The van der Waals surface area contributed by atoms with Crippen molar-refractivity contribution in [3.05, 3.63) is 54.1 Å². The Labute approximate surface area is 182 Å². The Morgan fingerprint density at radius 3 is 2.13 bits per heavy atom. The van der Waals surface area contributed by atoms with Gasteiger partial charge < -0.3 is 9.47 Å². The normalized spacial score (nSPS) is 15.4.